The Hall–Kier alpha value is -0.850. The van der Waals surface area contributed by atoms with Gasteiger partial charge in [0, 0.05) is 18.7 Å². The third-order valence-electron chi connectivity index (χ3n) is 6.32. The Balaban J connectivity index is 1.42. The average molecular weight is 427 g/mol. The predicted octanol–water partition coefficient (Wildman–Crippen LogP) is 4.52. The first-order valence-corrected chi connectivity index (χ1v) is 12.2. The lowest BCUT2D eigenvalue weighted by Crippen LogP contribution is -2.54. The van der Waals surface area contributed by atoms with Crippen LogP contribution in [-0.4, -0.2) is 57.3 Å². The molecule has 0 radical (unpaired) electrons. The normalized spacial score (nSPS) is 28.5. The second-order valence-electron chi connectivity index (χ2n) is 10.1. The summed E-state index contributed by atoms with van der Waals surface area (Å²) in [5.74, 6) is 2.45. The Labute approximate surface area is 184 Å². The van der Waals surface area contributed by atoms with Crippen molar-refractivity contribution in [3.05, 3.63) is 0 Å². The fourth-order valence-electron chi connectivity index (χ4n) is 5.17. The van der Waals surface area contributed by atoms with Crippen molar-refractivity contribution < 1.29 is 19.0 Å². The molecule has 2 N–H and O–H groups in total. The first kappa shape index (κ1) is 25.4. The molecule has 0 aromatic rings. The first-order chi connectivity index (χ1) is 14.4. The van der Waals surface area contributed by atoms with E-state index in [0.29, 0.717) is 32.3 Å². The number of unbranched alkanes of at least 4 members (excludes halogenated alkanes) is 2. The van der Waals surface area contributed by atoms with Gasteiger partial charge < -0.3 is 24.8 Å². The number of urea groups is 1. The molecule has 3 aliphatic carbocycles. The molecule has 2 bridgehead atoms. The van der Waals surface area contributed by atoms with Crippen LogP contribution in [0.1, 0.15) is 79.1 Å². The largest absolute Gasteiger partial charge is 0.379 e. The second-order valence-corrected chi connectivity index (χ2v) is 10.1. The van der Waals surface area contributed by atoms with Gasteiger partial charge in [-0.05, 0) is 89.9 Å². The third-order valence-corrected chi connectivity index (χ3v) is 6.32. The highest BCUT2D eigenvalue weighted by Crippen LogP contribution is 2.46. The minimum Gasteiger partial charge on any atom is -0.379 e. The number of nitrogens with one attached hydrogen (secondary N) is 2. The molecule has 0 spiro atoms. The smallest absolute Gasteiger partial charge is 0.315 e. The predicted molar refractivity (Wildman–Crippen MR) is 121 cm³/mol. The molecule has 3 fully saturated rings. The van der Waals surface area contributed by atoms with Crippen molar-refractivity contribution in [1.29, 1.82) is 0 Å². The van der Waals surface area contributed by atoms with Crippen molar-refractivity contribution >= 4 is 6.03 Å². The number of hydrogen-bond acceptors (Lipinski definition) is 4. The second kappa shape index (κ2) is 13.5. The molecule has 2 unspecified atom stereocenters. The lowest BCUT2D eigenvalue weighted by Gasteiger charge is -2.47. The lowest BCUT2D eigenvalue weighted by atomic mass is 9.62. The Kier molecular flexibility index (Phi) is 11.5. The summed E-state index contributed by atoms with van der Waals surface area (Å²) in [6.45, 7) is 12.6. The van der Waals surface area contributed by atoms with E-state index in [1.54, 1.807) is 0 Å². The zero-order chi connectivity index (χ0) is 21.8. The van der Waals surface area contributed by atoms with Gasteiger partial charge in [-0.25, -0.2) is 4.79 Å². The summed E-state index contributed by atoms with van der Waals surface area (Å²) >= 11 is 0. The highest BCUT2D eigenvalue weighted by molar-refractivity contribution is 5.74. The molecule has 176 valence electrons. The minimum absolute atomic E-state index is 0.00371. The Bertz CT molecular complexity index is 478. The van der Waals surface area contributed by atoms with E-state index < -0.39 is 0 Å². The van der Waals surface area contributed by atoms with Crippen LogP contribution >= 0.6 is 0 Å². The van der Waals surface area contributed by atoms with Gasteiger partial charge in [0.2, 0.25) is 0 Å². The van der Waals surface area contributed by atoms with Crippen molar-refractivity contribution in [2.45, 2.75) is 90.7 Å². The van der Waals surface area contributed by atoms with Gasteiger partial charge in [-0.3, -0.25) is 0 Å². The summed E-state index contributed by atoms with van der Waals surface area (Å²) in [5, 5.41) is 6.35. The van der Waals surface area contributed by atoms with Crippen LogP contribution in [-0.2, 0) is 14.2 Å². The van der Waals surface area contributed by atoms with Crippen LogP contribution < -0.4 is 10.6 Å². The van der Waals surface area contributed by atoms with Crippen LogP contribution in [0.2, 0.25) is 0 Å². The molecular weight excluding hydrogens is 380 g/mol. The van der Waals surface area contributed by atoms with Crippen LogP contribution in [0.15, 0.2) is 0 Å². The molecule has 0 aliphatic heterocycles. The molecule has 0 heterocycles. The molecule has 30 heavy (non-hydrogen) atoms. The van der Waals surface area contributed by atoms with Crippen LogP contribution in [0, 0.1) is 17.8 Å². The van der Waals surface area contributed by atoms with E-state index in [0.717, 1.165) is 57.1 Å². The van der Waals surface area contributed by atoms with Gasteiger partial charge in [0.1, 0.15) is 0 Å². The van der Waals surface area contributed by atoms with Crippen molar-refractivity contribution in [3.63, 3.8) is 0 Å². The van der Waals surface area contributed by atoms with Gasteiger partial charge in [-0.2, -0.15) is 0 Å². The fourth-order valence-corrected chi connectivity index (χ4v) is 5.17. The van der Waals surface area contributed by atoms with E-state index in [-0.39, 0.29) is 17.7 Å². The molecule has 0 aromatic carbocycles. The highest BCUT2D eigenvalue weighted by atomic mass is 16.5. The van der Waals surface area contributed by atoms with Crippen molar-refractivity contribution in [1.82, 2.24) is 10.6 Å². The summed E-state index contributed by atoms with van der Waals surface area (Å²) in [7, 11) is 0. The maximum absolute atomic E-state index is 12.4. The van der Waals surface area contributed by atoms with Gasteiger partial charge in [-0.15, -0.1) is 0 Å². The standard InChI is InChI=1S/C24H46N2O4/c1-19(2)30-13-12-29-11-10-28-9-7-5-6-8-25-23(27)26-24(4)17-20(3)14-21-15-22(16-21)18-24/h19-22H,5-18H2,1-4H3,(H2,25,26,27). The zero-order valence-electron chi connectivity index (χ0n) is 19.8. The summed E-state index contributed by atoms with van der Waals surface area (Å²) in [6, 6.07) is -0.00371. The van der Waals surface area contributed by atoms with Crippen LogP contribution in [0.25, 0.3) is 0 Å². The molecule has 3 saturated carbocycles. The Morgan fingerprint density at radius 1 is 0.933 bits per heavy atom. The molecule has 0 aromatic heterocycles. The average Bonchev–Trinajstić information content (AvgIpc) is 2.61. The maximum atomic E-state index is 12.4. The summed E-state index contributed by atoms with van der Waals surface area (Å²) in [6.07, 6.45) is 9.59. The number of fused-ring (bicyclic) bond motifs is 4. The third kappa shape index (κ3) is 10.5. The number of rotatable bonds is 14. The Morgan fingerprint density at radius 2 is 1.63 bits per heavy atom. The van der Waals surface area contributed by atoms with E-state index in [1.165, 1.54) is 19.3 Å². The fraction of sp³-hybridized carbons (Fsp3) is 0.958. The number of carbonyl (C=O) groups excluding carboxylic acids is 1. The van der Waals surface area contributed by atoms with Crippen LogP contribution in [0.3, 0.4) is 0 Å². The summed E-state index contributed by atoms with van der Waals surface area (Å²) in [5.41, 5.74) is -0.0591. The molecule has 2 amide bonds. The molecule has 6 heteroatoms. The molecular formula is C24H46N2O4. The van der Waals surface area contributed by atoms with Gasteiger partial charge in [-0.1, -0.05) is 6.92 Å². The molecule has 6 nitrogen and oxygen atoms in total. The van der Waals surface area contributed by atoms with Crippen molar-refractivity contribution in [3.8, 4) is 0 Å². The van der Waals surface area contributed by atoms with Crippen LogP contribution in [0.5, 0.6) is 0 Å². The molecule has 3 rings (SSSR count). The first-order valence-electron chi connectivity index (χ1n) is 12.2. The van der Waals surface area contributed by atoms with E-state index in [9.17, 15) is 4.79 Å². The van der Waals surface area contributed by atoms with Gasteiger partial charge >= 0.3 is 6.03 Å². The summed E-state index contributed by atoms with van der Waals surface area (Å²) in [4.78, 5) is 12.4. The zero-order valence-corrected chi connectivity index (χ0v) is 19.8. The topological polar surface area (TPSA) is 68.8 Å². The number of carbonyl (C=O) groups is 1. The molecule has 3 aliphatic rings. The highest BCUT2D eigenvalue weighted by Gasteiger charge is 2.41. The minimum atomic E-state index is -0.0591. The van der Waals surface area contributed by atoms with E-state index in [4.69, 9.17) is 14.2 Å². The van der Waals surface area contributed by atoms with Crippen molar-refractivity contribution in [2.75, 3.05) is 39.6 Å². The lowest BCUT2D eigenvalue weighted by molar-refractivity contribution is -0.00183. The monoisotopic (exact) mass is 426 g/mol. The number of hydrogen-bond donors (Lipinski definition) is 2. The van der Waals surface area contributed by atoms with Gasteiger partial charge in [0.05, 0.1) is 32.5 Å². The van der Waals surface area contributed by atoms with Crippen LogP contribution in [0.4, 0.5) is 4.79 Å². The van der Waals surface area contributed by atoms with E-state index in [1.807, 2.05) is 13.8 Å². The SMILES string of the molecule is CC1CC2CC(C2)CC(C)(NC(=O)NCCCCCOCCOCCOC(C)C)C1. The number of amides is 2. The van der Waals surface area contributed by atoms with E-state index in [2.05, 4.69) is 24.5 Å². The Morgan fingerprint density at radius 3 is 2.37 bits per heavy atom. The quantitative estimate of drug-likeness (QED) is 0.401. The molecule has 0 saturated heterocycles. The van der Waals surface area contributed by atoms with E-state index >= 15 is 0 Å². The summed E-state index contributed by atoms with van der Waals surface area (Å²) < 4.78 is 16.4. The van der Waals surface area contributed by atoms with Gasteiger partial charge in [0.25, 0.3) is 0 Å². The van der Waals surface area contributed by atoms with Crippen molar-refractivity contribution in [2.24, 2.45) is 17.8 Å². The number of ether oxygens (including phenoxy) is 3. The van der Waals surface area contributed by atoms with Gasteiger partial charge in [0.15, 0.2) is 0 Å². The molecule has 2 atom stereocenters. The maximum Gasteiger partial charge on any atom is 0.315 e.